The van der Waals surface area contributed by atoms with Crippen molar-refractivity contribution >= 4 is 5.78 Å². The minimum atomic E-state index is -0.312. The van der Waals surface area contributed by atoms with Crippen LogP contribution in [0.3, 0.4) is 0 Å². The third kappa shape index (κ3) is 3.65. The number of carbonyl (C=O) groups is 1. The van der Waals surface area contributed by atoms with E-state index in [9.17, 15) is 4.79 Å². The van der Waals surface area contributed by atoms with E-state index < -0.39 is 0 Å². The van der Waals surface area contributed by atoms with Crippen molar-refractivity contribution < 1.29 is 4.79 Å². The fourth-order valence-corrected chi connectivity index (χ4v) is 1.58. The van der Waals surface area contributed by atoms with E-state index in [0.717, 1.165) is 18.4 Å². The number of hydrogen-bond donors (Lipinski definition) is 0. The third-order valence-corrected chi connectivity index (χ3v) is 2.56. The quantitative estimate of drug-likeness (QED) is 0.700. The zero-order valence-corrected chi connectivity index (χ0v) is 10.4. The molecule has 1 rings (SSSR count). The lowest BCUT2D eigenvalue weighted by Gasteiger charge is -2.18. The number of hydrogen-bond acceptors (Lipinski definition) is 1. The van der Waals surface area contributed by atoms with Gasteiger partial charge in [0.05, 0.1) is 0 Å². The molecule has 1 aromatic rings. The van der Waals surface area contributed by atoms with Gasteiger partial charge in [-0.05, 0) is 24.0 Å². The molecule has 0 aromatic heterocycles. The average Bonchev–Trinajstić information content (AvgIpc) is 2.25. The molecule has 0 spiro atoms. The van der Waals surface area contributed by atoms with E-state index in [2.05, 4.69) is 18.7 Å². The molecular weight excluding hydrogens is 196 g/mol. The van der Waals surface area contributed by atoms with Crippen molar-refractivity contribution in [3.05, 3.63) is 48.0 Å². The third-order valence-electron chi connectivity index (χ3n) is 2.56. The summed E-state index contributed by atoms with van der Waals surface area (Å²) in [6.45, 7) is 9.69. The molecule has 0 unspecified atom stereocenters. The van der Waals surface area contributed by atoms with Gasteiger partial charge in [0.2, 0.25) is 0 Å². The van der Waals surface area contributed by atoms with Crippen LogP contribution < -0.4 is 0 Å². The van der Waals surface area contributed by atoms with Crippen LogP contribution in [0.5, 0.6) is 0 Å². The van der Waals surface area contributed by atoms with E-state index in [0.29, 0.717) is 0 Å². The molecule has 1 nitrogen and oxygen atoms in total. The summed E-state index contributed by atoms with van der Waals surface area (Å²) in [7, 11) is 0. The van der Waals surface area contributed by atoms with Crippen LogP contribution in [0.25, 0.3) is 0 Å². The minimum Gasteiger partial charge on any atom is -0.294 e. The van der Waals surface area contributed by atoms with Crippen LogP contribution in [0, 0.1) is 5.41 Å². The number of rotatable bonds is 4. The van der Waals surface area contributed by atoms with Gasteiger partial charge in [-0.2, -0.15) is 0 Å². The Kier molecular flexibility index (Phi) is 4.05. The van der Waals surface area contributed by atoms with Gasteiger partial charge in [-0.3, -0.25) is 4.79 Å². The Balaban J connectivity index is 2.51. The topological polar surface area (TPSA) is 17.1 Å². The standard InChI is InChI=1S/C15H20O/c1-12(14(16)15(2,3)4)10-11-13-8-6-5-7-9-13/h5-9H,1,10-11H2,2-4H3. The number of aryl methyl sites for hydroxylation is 1. The molecule has 16 heavy (non-hydrogen) atoms. The summed E-state index contributed by atoms with van der Waals surface area (Å²) in [5.74, 6) is 0.170. The summed E-state index contributed by atoms with van der Waals surface area (Å²) >= 11 is 0. The molecule has 0 N–H and O–H groups in total. The molecule has 1 heteroatoms. The summed E-state index contributed by atoms with van der Waals surface area (Å²) in [5, 5.41) is 0. The number of benzene rings is 1. The molecule has 0 aliphatic heterocycles. The highest BCUT2D eigenvalue weighted by Gasteiger charge is 2.23. The van der Waals surface area contributed by atoms with E-state index in [4.69, 9.17) is 0 Å². The van der Waals surface area contributed by atoms with Crippen molar-refractivity contribution in [3.63, 3.8) is 0 Å². The number of ketones is 1. The lowest BCUT2D eigenvalue weighted by molar-refractivity contribution is -0.122. The first-order valence-electron chi connectivity index (χ1n) is 5.68. The van der Waals surface area contributed by atoms with Gasteiger partial charge in [0.15, 0.2) is 5.78 Å². The van der Waals surface area contributed by atoms with Gasteiger partial charge >= 0.3 is 0 Å². The van der Waals surface area contributed by atoms with Crippen LogP contribution in [0.4, 0.5) is 0 Å². The Morgan fingerprint density at radius 3 is 2.25 bits per heavy atom. The van der Waals surface area contributed by atoms with Gasteiger partial charge in [0, 0.05) is 5.41 Å². The fourth-order valence-electron chi connectivity index (χ4n) is 1.58. The van der Waals surface area contributed by atoms with Crippen molar-refractivity contribution in [2.24, 2.45) is 5.41 Å². The van der Waals surface area contributed by atoms with Crippen LogP contribution in [0.15, 0.2) is 42.5 Å². The summed E-state index contributed by atoms with van der Waals surface area (Å²) in [4.78, 5) is 11.9. The molecule has 1 aromatic carbocycles. The molecule has 86 valence electrons. The molecule has 0 bridgehead atoms. The Morgan fingerprint density at radius 2 is 1.75 bits per heavy atom. The maximum Gasteiger partial charge on any atom is 0.163 e. The van der Waals surface area contributed by atoms with Crippen LogP contribution in [-0.4, -0.2) is 5.78 Å². The van der Waals surface area contributed by atoms with Crippen LogP contribution >= 0.6 is 0 Å². The zero-order chi connectivity index (χ0) is 12.2. The highest BCUT2D eigenvalue weighted by molar-refractivity contribution is 5.98. The largest absolute Gasteiger partial charge is 0.294 e. The predicted octanol–water partition coefficient (Wildman–Crippen LogP) is 3.79. The lowest BCUT2D eigenvalue weighted by atomic mass is 9.85. The first kappa shape index (κ1) is 12.7. The molecule has 0 heterocycles. The monoisotopic (exact) mass is 216 g/mol. The Labute approximate surface area is 98.2 Å². The van der Waals surface area contributed by atoms with E-state index in [1.165, 1.54) is 5.56 Å². The van der Waals surface area contributed by atoms with Crippen LogP contribution in [-0.2, 0) is 11.2 Å². The van der Waals surface area contributed by atoms with Crippen molar-refractivity contribution in [2.45, 2.75) is 33.6 Å². The molecule has 0 amide bonds. The number of Topliss-reactive ketones (excluding diaryl/α,β-unsaturated/α-hetero) is 1. The molecule has 0 saturated carbocycles. The second kappa shape index (κ2) is 5.11. The molecule has 0 aliphatic rings. The molecule has 0 radical (unpaired) electrons. The van der Waals surface area contributed by atoms with Crippen LogP contribution in [0.1, 0.15) is 32.8 Å². The van der Waals surface area contributed by atoms with Gasteiger partial charge in [-0.25, -0.2) is 0 Å². The van der Waals surface area contributed by atoms with Crippen molar-refractivity contribution in [1.29, 1.82) is 0 Å². The Morgan fingerprint density at radius 1 is 1.19 bits per heavy atom. The summed E-state index contributed by atoms with van der Waals surface area (Å²) in [6, 6.07) is 10.2. The van der Waals surface area contributed by atoms with E-state index in [-0.39, 0.29) is 11.2 Å². The smallest absolute Gasteiger partial charge is 0.163 e. The minimum absolute atomic E-state index is 0.170. The maximum absolute atomic E-state index is 11.9. The molecule has 0 saturated heterocycles. The van der Waals surface area contributed by atoms with Gasteiger partial charge in [0.1, 0.15) is 0 Å². The summed E-state index contributed by atoms with van der Waals surface area (Å²) in [6.07, 6.45) is 1.64. The van der Waals surface area contributed by atoms with Crippen molar-refractivity contribution in [2.75, 3.05) is 0 Å². The molecular formula is C15H20O. The first-order chi connectivity index (χ1) is 7.41. The second-order valence-electron chi connectivity index (χ2n) is 5.17. The fraction of sp³-hybridized carbons (Fsp3) is 0.400. The predicted molar refractivity (Wildman–Crippen MR) is 68.4 cm³/mol. The highest BCUT2D eigenvalue weighted by atomic mass is 16.1. The average molecular weight is 216 g/mol. The molecule has 0 fully saturated rings. The maximum atomic E-state index is 11.9. The zero-order valence-electron chi connectivity index (χ0n) is 10.4. The number of allylic oxidation sites excluding steroid dienone is 1. The lowest BCUT2D eigenvalue weighted by Crippen LogP contribution is -2.21. The Hall–Kier alpha value is -1.37. The van der Waals surface area contributed by atoms with Crippen LogP contribution in [0.2, 0.25) is 0 Å². The van der Waals surface area contributed by atoms with Gasteiger partial charge in [-0.1, -0.05) is 57.7 Å². The van der Waals surface area contributed by atoms with Crippen molar-refractivity contribution in [3.8, 4) is 0 Å². The SMILES string of the molecule is C=C(CCc1ccccc1)C(=O)C(C)(C)C. The Bertz CT molecular complexity index is 368. The summed E-state index contributed by atoms with van der Waals surface area (Å²) < 4.78 is 0. The number of carbonyl (C=O) groups excluding carboxylic acids is 1. The van der Waals surface area contributed by atoms with E-state index in [1.54, 1.807) is 0 Å². The summed E-state index contributed by atoms with van der Waals surface area (Å²) in [5.41, 5.74) is 1.68. The van der Waals surface area contributed by atoms with Gasteiger partial charge < -0.3 is 0 Å². The van der Waals surface area contributed by atoms with E-state index in [1.807, 2.05) is 39.0 Å². The van der Waals surface area contributed by atoms with E-state index >= 15 is 0 Å². The highest BCUT2D eigenvalue weighted by Crippen LogP contribution is 2.21. The second-order valence-corrected chi connectivity index (χ2v) is 5.17. The van der Waals surface area contributed by atoms with Gasteiger partial charge in [0.25, 0.3) is 0 Å². The molecule has 0 atom stereocenters. The first-order valence-corrected chi connectivity index (χ1v) is 5.68. The van der Waals surface area contributed by atoms with Crippen molar-refractivity contribution in [1.82, 2.24) is 0 Å². The molecule has 0 aliphatic carbocycles. The normalized spacial score (nSPS) is 11.2. The van der Waals surface area contributed by atoms with Gasteiger partial charge in [-0.15, -0.1) is 0 Å².